The van der Waals surface area contributed by atoms with Gasteiger partial charge in [-0.2, -0.15) is 0 Å². The Hall–Kier alpha value is -3.97. The fourth-order valence-electron chi connectivity index (χ4n) is 4.77. The third-order valence-electron chi connectivity index (χ3n) is 6.48. The molecule has 0 aliphatic carbocycles. The first-order valence-corrected chi connectivity index (χ1v) is 12.9. The smallest absolute Gasteiger partial charge is 0.295 e. The number of benzene rings is 3. The molecule has 4 aromatic rings. The van der Waals surface area contributed by atoms with Gasteiger partial charge in [-0.3, -0.25) is 14.5 Å². The molecule has 2 heterocycles. The number of hydrogen-bond acceptors (Lipinski definition) is 6. The molecule has 38 heavy (non-hydrogen) atoms. The van der Waals surface area contributed by atoms with E-state index >= 15 is 0 Å². The minimum Gasteiger partial charge on any atom is -0.495 e. The Morgan fingerprint density at radius 2 is 1.74 bits per heavy atom. The van der Waals surface area contributed by atoms with E-state index in [-0.39, 0.29) is 16.8 Å². The van der Waals surface area contributed by atoms with E-state index < -0.39 is 11.9 Å². The van der Waals surface area contributed by atoms with E-state index in [1.54, 1.807) is 30.3 Å². The number of anilines is 1. The molecule has 0 fully saturated rings. The number of rotatable bonds is 8. The van der Waals surface area contributed by atoms with Crippen molar-refractivity contribution in [2.24, 2.45) is 0 Å². The monoisotopic (exact) mass is 533 g/mol. The van der Waals surface area contributed by atoms with Crippen molar-refractivity contribution in [1.82, 2.24) is 0 Å². The molecule has 0 radical (unpaired) electrons. The summed E-state index contributed by atoms with van der Waals surface area (Å²) in [6.45, 7) is 6.79. The summed E-state index contributed by atoms with van der Waals surface area (Å²) in [6.07, 6.45) is 0.845. The van der Waals surface area contributed by atoms with Crippen LogP contribution in [0.4, 0.5) is 5.69 Å². The molecular weight excluding hydrogens is 506 g/mol. The number of halogens is 1. The first-order chi connectivity index (χ1) is 18.4. The van der Waals surface area contributed by atoms with Gasteiger partial charge < -0.3 is 18.6 Å². The van der Waals surface area contributed by atoms with Crippen LogP contribution in [0.15, 0.2) is 63.8 Å². The Bertz CT molecular complexity index is 1590. The molecule has 0 bridgehead atoms. The van der Waals surface area contributed by atoms with E-state index in [2.05, 4.69) is 0 Å². The van der Waals surface area contributed by atoms with Gasteiger partial charge in [0.05, 0.1) is 42.3 Å². The van der Waals surface area contributed by atoms with Crippen molar-refractivity contribution in [3.05, 3.63) is 92.3 Å². The maximum atomic E-state index is 13.9. The minimum absolute atomic E-state index is 0.00700. The number of carbonyl (C=O) groups is 1. The largest absolute Gasteiger partial charge is 0.495 e. The highest BCUT2D eigenvalue weighted by Gasteiger charge is 2.44. The van der Waals surface area contributed by atoms with Gasteiger partial charge in [0.15, 0.2) is 16.9 Å². The summed E-state index contributed by atoms with van der Waals surface area (Å²) in [6, 6.07) is 15.1. The Kier molecular flexibility index (Phi) is 7.04. The van der Waals surface area contributed by atoms with Crippen molar-refractivity contribution in [3.8, 4) is 17.2 Å². The van der Waals surface area contributed by atoms with E-state index in [1.807, 2.05) is 45.0 Å². The summed E-state index contributed by atoms with van der Waals surface area (Å²) in [7, 11) is 1.52. The molecule has 0 N–H and O–H groups in total. The third-order valence-corrected chi connectivity index (χ3v) is 6.78. The summed E-state index contributed by atoms with van der Waals surface area (Å²) < 4.78 is 23.1. The first kappa shape index (κ1) is 25.7. The van der Waals surface area contributed by atoms with Gasteiger partial charge in [0, 0.05) is 5.69 Å². The van der Waals surface area contributed by atoms with Crippen molar-refractivity contribution in [3.63, 3.8) is 0 Å². The molecule has 1 aromatic heterocycles. The van der Waals surface area contributed by atoms with Crippen LogP contribution in [-0.4, -0.2) is 26.2 Å². The summed E-state index contributed by atoms with van der Waals surface area (Å²) in [5.41, 5.74) is 2.47. The van der Waals surface area contributed by atoms with Gasteiger partial charge in [-0.25, -0.2) is 0 Å². The molecule has 0 saturated heterocycles. The van der Waals surface area contributed by atoms with Crippen LogP contribution in [-0.2, 0) is 0 Å². The van der Waals surface area contributed by atoms with Crippen LogP contribution in [0.25, 0.3) is 11.0 Å². The molecule has 8 heteroatoms. The van der Waals surface area contributed by atoms with Crippen molar-refractivity contribution in [2.75, 3.05) is 25.2 Å². The Labute approximate surface area is 225 Å². The second-order valence-electron chi connectivity index (χ2n) is 9.06. The van der Waals surface area contributed by atoms with Gasteiger partial charge in [-0.1, -0.05) is 36.2 Å². The van der Waals surface area contributed by atoms with Crippen LogP contribution in [0.2, 0.25) is 5.02 Å². The zero-order chi connectivity index (χ0) is 27.0. The third kappa shape index (κ3) is 4.37. The average molecular weight is 534 g/mol. The summed E-state index contributed by atoms with van der Waals surface area (Å²) >= 11 is 6.45. The van der Waals surface area contributed by atoms with Crippen molar-refractivity contribution in [1.29, 1.82) is 0 Å². The number of fused-ring (bicyclic) bond motifs is 2. The standard InChI is InChI=1S/C30H28ClNO6/c1-5-13-37-24-11-8-18(15-25(24)36-6-2)27-26-28(33)20-14-17(3)7-10-22(20)38-29(26)30(34)32(27)19-9-12-23(35-4)21(31)16-19/h7-12,14-16,27H,5-6,13H2,1-4H3. The predicted molar refractivity (Wildman–Crippen MR) is 147 cm³/mol. The number of carbonyl (C=O) groups excluding carboxylic acids is 1. The van der Waals surface area contributed by atoms with Gasteiger partial charge in [0.1, 0.15) is 11.3 Å². The zero-order valence-corrected chi connectivity index (χ0v) is 22.4. The van der Waals surface area contributed by atoms with Crippen molar-refractivity contribution < 1.29 is 23.4 Å². The van der Waals surface area contributed by atoms with E-state index in [9.17, 15) is 9.59 Å². The van der Waals surface area contributed by atoms with E-state index in [4.69, 9.17) is 30.2 Å². The zero-order valence-electron chi connectivity index (χ0n) is 21.7. The SMILES string of the molecule is CCCOc1ccc(C2c3c(oc4ccc(C)cc4c3=O)C(=O)N2c2ccc(OC)c(Cl)c2)cc1OCC. The number of hydrogen-bond donors (Lipinski definition) is 0. The van der Waals surface area contributed by atoms with Crippen LogP contribution in [0.3, 0.4) is 0 Å². The highest BCUT2D eigenvalue weighted by Crippen LogP contribution is 2.44. The Morgan fingerprint density at radius 1 is 0.947 bits per heavy atom. The highest BCUT2D eigenvalue weighted by atomic mass is 35.5. The molecule has 1 atom stereocenters. The number of aryl methyl sites for hydroxylation is 1. The molecule has 0 spiro atoms. The maximum Gasteiger partial charge on any atom is 0.295 e. The lowest BCUT2D eigenvalue weighted by atomic mass is 9.97. The minimum atomic E-state index is -0.775. The summed E-state index contributed by atoms with van der Waals surface area (Å²) in [5.74, 6) is 1.18. The van der Waals surface area contributed by atoms with E-state index in [0.29, 0.717) is 57.7 Å². The van der Waals surface area contributed by atoms with E-state index in [1.165, 1.54) is 12.0 Å². The number of amides is 1. The molecule has 1 unspecified atom stereocenters. The molecule has 5 rings (SSSR count). The highest BCUT2D eigenvalue weighted by molar-refractivity contribution is 6.32. The fourth-order valence-corrected chi connectivity index (χ4v) is 5.02. The molecule has 1 aliphatic heterocycles. The van der Waals surface area contributed by atoms with Crippen LogP contribution in [0.5, 0.6) is 17.2 Å². The Balaban J connectivity index is 1.75. The topological polar surface area (TPSA) is 78.2 Å². The molecule has 7 nitrogen and oxygen atoms in total. The average Bonchev–Trinajstić information content (AvgIpc) is 3.20. The van der Waals surface area contributed by atoms with Crippen molar-refractivity contribution in [2.45, 2.75) is 33.2 Å². The van der Waals surface area contributed by atoms with Crippen LogP contribution in [0, 0.1) is 6.92 Å². The quantitative estimate of drug-likeness (QED) is 0.251. The fraction of sp³-hybridized carbons (Fsp3) is 0.267. The van der Waals surface area contributed by atoms with E-state index in [0.717, 1.165) is 12.0 Å². The molecule has 196 valence electrons. The lowest BCUT2D eigenvalue weighted by Crippen LogP contribution is -2.29. The number of methoxy groups -OCH3 is 1. The van der Waals surface area contributed by atoms with Crippen LogP contribution >= 0.6 is 11.6 Å². The first-order valence-electron chi connectivity index (χ1n) is 12.5. The predicted octanol–water partition coefficient (Wildman–Crippen LogP) is 6.70. The second-order valence-corrected chi connectivity index (χ2v) is 9.46. The van der Waals surface area contributed by atoms with Gasteiger partial charge in [0.2, 0.25) is 5.76 Å². The van der Waals surface area contributed by atoms with Gasteiger partial charge in [-0.15, -0.1) is 0 Å². The molecule has 0 saturated carbocycles. The molecule has 1 amide bonds. The lowest BCUT2D eigenvalue weighted by molar-refractivity contribution is 0.0971. The molecular formula is C30H28ClNO6. The van der Waals surface area contributed by atoms with Crippen LogP contribution in [0.1, 0.15) is 53.6 Å². The Morgan fingerprint density at radius 3 is 2.45 bits per heavy atom. The van der Waals surface area contributed by atoms with Gasteiger partial charge in [0.25, 0.3) is 5.91 Å². The summed E-state index contributed by atoms with van der Waals surface area (Å²) in [5, 5.41) is 0.759. The second kappa shape index (κ2) is 10.4. The van der Waals surface area contributed by atoms with Gasteiger partial charge in [-0.05, 0) is 68.3 Å². The summed E-state index contributed by atoms with van der Waals surface area (Å²) in [4.78, 5) is 29.3. The molecule has 1 aliphatic rings. The maximum absolute atomic E-state index is 13.9. The lowest BCUT2D eigenvalue weighted by Gasteiger charge is -2.26. The van der Waals surface area contributed by atoms with Crippen LogP contribution < -0.4 is 24.5 Å². The normalized spacial score (nSPS) is 14.6. The van der Waals surface area contributed by atoms with Gasteiger partial charge >= 0.3 is 0 Å². The van der Waals surface area contributed by atoms with Crippen molar-refractivity contribution >= 4 is 34.2 Å². The number of ether oxygens (including phenoxy) is 3. The molecule has 3 aromatic carbocycles. The number of nitrogens with zero attached hydrogens (tertiary/aromatic N) is 1.